The van der Waals surface area contributed by atoms with E-state index in [-0.39, 0.29) is 22.9 Å². The van der Waals surface area contributed by atoms with Gasteiger partial charge in [-0.3, -0.25) is 23.9 Å². The molecule has 2 amide bonds. The molecule has 0 radical (unpaired) electrons. The molecule has 11 heteroatoms. The van der Waals surface area contributed by atoms with Gasteiger partial charge in [0.25, 0.3) is 5.56 Å². The van der Waals surface area contributed by atoms with Gasteiger partial charge in [0, 0.05) is 32.2 Å². The van der Waals surface area contributed by atoms with Crippen LogP contribution in [-0.2, 0) is 14.3 Å². The van der Waals surface area contributed by atoms with Crippen LogP contribution >= 0.6 is 23.2 Å². The van der Waals surface area contributed by atoms with E-state index in [1.54, 1.807) is 19.1 Å². The Bertz CT molecular complexity index is 1670. The number of ether oxygens (including phenoxy) is 1. The number of amides is 2. The molecule has 218 valence electrons. The van der Waals surface area contributed by atoms with E-state index in [1.165, 1.54) is 17.7 Å². The van der Waals surface area contributed by atoms with Gasteiger partial charge < -0.3 is 15.4 Å². The van der Waals surface area contributed by atoms with Gasteiger partial charge in [-0.25, -0.2) is 4.98 Å². The minimum Gasteiger partial charge on any atom is -0.379 e. The van der Waals surface area contributed by atoms with Crippen molar-refractivity contribution in [2.24, 2.45) is 0 Å². The minimum atomic E-state index is -0.844. The van der Waals surface area contributed by atoms with Crippen molar-refractivity contribution in [3.8, 4) is 11.1 Å². The molecule has 1 aromatic heterocycles. The van der Waals surface area contributed by atoms with Crippen LogP contribution in [0.15, 0.2) is 71.7 Å². The molecule has 3 aromatic carbocycles. The molecule has 1 saturated heterocycles. The summed E-state index contributed by atoms with van der Waals surface area (Å²) < 4.78 is 6.90. The summed E-state index contributed by atoms with van der Waals surface area (Å²) in [5.74, 6) is -0.451. The Balaban J connectivity index is 1.42. The molecule has 5 rings (SSSR count). The van der Waals surface area contributed by atoms with Crippen LogP contribution in [0.4, 0.5) is 5.69 Å². The predicted molar refractivity (Wildman–Crippen MR) is 165 cm³/mol. The first kappa shape index (κ1) is 29.7. The number of aromatic nitrogens is 2. The van der Waals surface area contributed by atoms with Crippen molar-refractivity contribution in [3.63, 3.8) is 0 Å². The first-order valence-corrected chi connectivity index (χ1v) is 14.4. The standard InChI is InChI=1S/C31H31Cl2N5O4/c1-19(38-29-16-26(33)25(32)15-27(29)34-17-30(38)40)31(41)36-28(18-37-10-12-42-13-11-37)22-8-6-21(7-9-22)23-4-3-5-24(14-23)35-20(2)39/h3-9,14-17,19,28H,10-13,18H2,1-2H3,(H,35,39)(H,36,41). The highest BCUT2D eigenvalue weighted by atomic mass is 35.5. The van der Waals surface area contributed by atoms with Crippen LogP contribution in [-0.4, -0.2) is 59.1 Å². The Labute approximate surface area is 253 Å². The smallest absolute Gasteiger partial charge is 0.270 e. The van der Waals surface area contributed by atoms with Gasteiger partial charge in [0.05, 0.1) is 46.5 Å². The highest BCUT2D eigenvalue weighted by molar-refractivity contribution is 6.42. The van der Waals surface area contributed by atoms with Crippen LogP contribution in [0.2, 0.25) is 10.0 Å². The van der Waals surface area contributed by atoms with Gasteiger partial charge in [-0.1, -0.05) is 59.6 Å². The molecule has 0 saturated carbocycles. The van der Waals surface area contributed by atoms with Gasteiger partial charge in [-0.05, 0) is 47.9 Å². The first-order valence-electron chi connectivity index (χ1n) is 13.6. The Morgan fingerprint density at radius 2 is 1.71 bits per heavy atom. The second-order valence-corrected chi connectivity index (χ2v) is 11.1. The second kappa shape index (κ2) is 13.0. The van der Waals surface area contributed by atoms with Gasteiger partial charge in [-0.15, -0.1) is 0 Å². The second-order valence-electron chi connectivity index (χ2n) is 10.3. The maximum Gasteiger partial charge on any atom is 0.270 e. The molecular weight excluding hydrogens is 577 g/mol. The number of nitrogens with one attached hydrogen (secondary N) is 2. The molecular formula is C31H31Cl2N5O4. The Morgan fingerprint density at radius 1 is 1.00 bits per heavy atom. The lowest BCUT2D eigenvalue weighted by molar-refractivity contribution is -0.124. The van der Waals surface area contributed by atoms with Gasteiger partial charge in [0.1, 0.15) is 6.04 Å². The first-order chi connectivity index (χ1) is 20.2. The van der Waals surface area contributed by atoms with Crippen molar-refractivity contribution in [2.75, 3.05) is 38.2 Å². The van der Waals surface area contributed by atoms with E-state index in [1.807, 2.05) is 48.5 Å². The molecule has 2 atom stereocenters. The lowest BCUT2D eigenvalue weighted by atomic mass is 9.99. The van der Waals surface area contributed by atoms with Crippen LogP contribution in [0.3, 0.4) is 0 Å². The molecule has 2 heterocycles. The van der Waals surface area contributed by atoms with Crippen molar-refractivity contribution >= 4 is 51.7 Å². The fraction of sp³-hybridized carbons (Fsp3) is 0.290. The molecule has 0 spiro atoms. The molecule has 0 bridgehead atoms. The van der Waals surface area contributed by atoms with E-state index >= 15 is 0 Å². The van der Waals surface area contributed by atoms with Gasteiger partial charge in [-0.2, -0.15) is 0 Å². The molecule has 0 aliphatic carbocycles. The number of rotatable bonds is 8. The molecule has 1 fully saturated rings. The van der Waals surface area contributed by atoms with E-state index in [0.717, 1.165) is 35.5 Å². The summed E-state index contributed by atoms with van der Waals surface area (Å²) in [6, 6.07) is 17.6. The molecule has 42 heavy (non-hydrogen) atoms. The fourth-order valence-corrected chi connectivity index (χ4v) is 5.42. The zero-order valence-corrected chi connectivity index (χ0v) is 24.8. The fourth-order valence-electron chi connectivity index (χ4n) is 5.10. The van der Waals surface area contributed by atoms with Crippen LogP contribution in [0.1, 0.15) is 31.5 Å². The predicted octanol–water partition coefficient (Wildman–Crippen LogP) is 5.08. The Morgan fingerprint density at radius 3 is 2.43 bits per heavy atom. The highest BCUT2D eigenvalue weighted by Gasteiger charge is 2.25. The third kappa shape index (κ3) is 6.82. The molecule has 2 N–H and O–H groups in total. The number of fused-ring (bicyclic) bond motifs is 1. The SMILES string of the molecule is CC(=O)Nc1cccc(-c2ccc(C(CN3CCOCC3)NC(=O)C(C)n3c(=O)cnc4cc(Cl)c(Cl)cc43)cc2)c1. The highest BCUT2D eigenvalue weighted by Crippen LogP contribution is 2.28. The van der Waals surface area contributed by atoms with E-state index in [2.05, 4.69) is 20.5 Å². The van der Waals surface area contributed by atoms with E-state index < -0.39 is 11.6 Å². The van der Waals surface area contributed by atoms with Crippen LogP contribution in [0, 0.1) is 0 Å². The van der Waals surface area contributed by atoms with Crippen LogP contribution in [0.5, 0.6) is 0 Å². The molecule has 9 nitrogen and oxygen atoms in total. The number of morpholine rings is 1. The largest absolute Gasteiger partial charge is 0.379 e. The number of anilines is 1. The Kier molecular flexibility index (Phi) is 9.23. The monoisotopic (exact) mass is 607 g/mol. The summed E-state index contributed by atoms with van der Waals surface area (Å²) >= 11 is 12.4. The van der Waals surface area contributed by atoms with Crippen molar-refractivity contribution in [1.29, 1.82) is 0 Å². The average Bonchev–Trinajstić information content (AvgIpc) is 2.98. The number of nitrogens with zero attached hydrogens (tertiary/aromatic N) is 3. The average molecular weight is 609 g/mol. The maximum absolute atomic E-state index is 13.7. The van der Waals surface area contributed by atoms with Gasteiger partial charge >= 0.3 is 0 Å². The van der Waals surface area contributed by atoms with Crippen molar-refractivity contribution < 1.29 is 14.3 Å². The quantitative estimate of drug-likeness (QED) is 0.289. The number of benzene rings is 3. The number of carbonyl (C=O) groups is 2. The lowest BCUT2D eigenvalue weighted by Gasteiger charge is -2.32. The van der Waals surface area contributed by atoms with E-state index in [9.17, 15) is 14.4 Å². The van der Waals surface area contributed by atoms with Crippen molar-refractivity contribution in [1.82, 2.24) is 19.8 Å². The number of hydrogen-bond acceptors (Lipinski definition) is 6. The zero-order valence-electron chi connectivity index (χ0n) is 23.3. The zero-order chi connectivity index (χ0) is 29.8. The van der Waals surface area contributed by atoms with Crippen molar-refractivity contribution in [3.05, 3.63) is 92.8 Å². The van der Waals surface area contributed by atoms with Crippen LogP contribution < -0.4 is 16.2 Å². The summed E-state index contributed by atoms with van der Waals surface area (Å²) in [4.78, 5) is 44.5. The summed E-state index contributed by atoms with van der Waals surface area (Å²) in [6.45, 7) is 6.49. The van der Waals surface area contributed by atoms with Gasteiger partial charge in [0.2, 0.25) is 11.8 Å². The minimum absolute atomic E-state index is 0.132. The van der Waals surface area contributed by atoms with Crippen LogP contribution in [0.25, 0.3) is 22.2 Å². The third-order valence-corrected chi connectivity index (χ3v) is 8.01. The number of carbonyl (C=O) groups excluding carboxylic acids is 2. The summed E-state index contributed by atoms with van der Waals surface area (Å²) in [6.07, 6.45) is 1.18. The molecule has 1 aliphatic heterocycles. The number of hydrogen-bond donors (Lipinski definition) is 2. The van der Waals surface area contributed by atoms with Gasteiger partial charge in [0.15, 0.2) is 0 Å². The maximum atomic E-state index is 13.7. The summed E-state index contributed by atoms with van der Waals surface area (Å²) in [5, 5.41) is 6.57. The molecule has 1 aliphatic rings. The lowest BCUT2D eigenvalue weighted by Crippen LogP contribution is -2.45. The van der Waals surface area contributed by atoms with E-state index in [0.29, 0.717) is 35.8 Å². The summed E-state index contributed by atoms with van der Waals surface area (Å²) in [5.41, 5.74) is 4.04. The topological polar surface area (TPSA) is 106 Å². The normalized spacial score (nSPS) is 15.2. The van der Waals surface area contributed by atoms with E-state index in [4.69, 9.17) is 27.9 Å². The molecule has 2 unspecified atom stereocenters. The number of halogens is 2. The summed E-state index contributed by atoms with van der Waals surface area (Å²) in [7, 11) is 0. The Hall–Kier alpha value is -3.76. The third-order valence-electron chi connectivity index (χ3n) is 7.29. The molecule has 4 aromatic rings. The van der Waals surface area contributed by atoms with Crippen molar-refractivity contribution in [2.45, 2.75) is 25.9 Å².